The smallest absolute Gasteiger partial charge is 0.391 e. The van der Waals surface area contributed by atoms with Crippen LogP contribution in [0.3, 0.4) is 0 Å². The van der Waals surface area contributed by atoms with Crippen molar-refractivity contribution in [2.45, 2.75) is 46.1 Å². The second kappa shape index (κ2) is 7.72. The zero-order chi connectivity index (χ0) is 13.7. The normalized spacial score (nSPS) is 13.2. The Kier molecular flexibility index (Phi) is 8.80. The van der Waals surface area contributed by atoms with Crippen LogP contribution in [0.5, 0.6) is 0 Å². The van der Waals surface area contributed by atoms with Crippen molar-refractivity contribution in [1.29, 1.82) is 0 Å². The van der Waals surface area contributed by atoms with E-state index in [4.69, 9.17) is 4.55 Å². The Labute approximate surface area is 118 Å². The van der Waals surface area contributed by atoms with Gasteiger partial charge < -0.3 is 17.0 Å². The van der Waals surface area contributed by atoms with Crippen LogP contribution in [0, 0.1) is 0 Å². The van der Waals surface area contributed by atoms with E-state index in [1.165, 1.54) is 6.92 Å². The van der Waals surface area contributed by atoms with Crippen LogP contribution in [0.4, 0.5) is 8.78 Å². The third-order valence-corrected chi connectivity index (χ3v) is 3.65. The molecule has 112 valence electrons. The van der Waals surface area contributed by atoms with Gasteiger partial charge in [-0.25, -0.2) is 4.48 Å². The van der Waals surface area contributed by atoms with E-state index in [1.807, 2.05) is 0 Å². The lowest BCUT2D eigenvalue weighted by atomic mass is 10.2. The molecule has 1 N–H and O–H groups in total. The molecule has 4 nitrogen and oxygen atoms in total. The highest BCUT2D eigenvalue weighted by Crippen LogP contribution is 2.33. The Morgan fingerprint density at radius 3 is 1.72 bits per heavy atom. The number of halogens is 3. The lowest BCUT2D eigenvalue weighted by Gasteiger charge is -2.42. The lowest BCUT2D eigenvalue weighted by molar-refractivity contribution is -1.00. The summed E-state index contributed by atoms with van der Waals surface area (Å²) in [5, 5.41) is 0. The summed E-state index contributed by atoms with van der Waals surface area (Å²) in [6.45, 7) is 4.84. The summed E-state index contributed by atoms with van der Waals surface area (Å²) in [6, 6.07) is -3.14. The predicted molar refractivity (Wildman–Crippen MR) is 62.2 cm³/mol. The minimum atomic E-state index is -4.43. The summed E-state index contributed by atoms with van der Waals surface area (Å²) >= 11 is 0. The quantitative estimate of drug-likeness (QED) is 0.363. The molecule has 0 aliphatic heterocycles. The van der Waals surface area contributed by atoms with Crippen molar-refractivity contribution in [3.63, 3.8) is 0 Å². The van der Waals surface area contributed by atoms with E-state index in [1.54, 1.807) is 13.8 Å². The van der Waals surface area contributed by atoms with Gasteiger partial charge in [0.05, 0.1) is 19.5 Å². The lowest BCUT2D eigenvalue weighted by Crippen LogP contribution is -3.00. The Morgan fingerprint density at radius 1 is 1.11 bits per heavy atom. The van der Waals surface area contributed by atoms with Gasteiger partial charge >= 0.3 is 16.2 Å². The highest BCUT2D eigenvalue weighted by Gasteiger charge is 2.52. The van der Waals surface area contributed by atoms with Crippen LogP contribution >= 0.6 is 0 Å². The Bertz CT molecular complexity index is 330. The molecule has 0 rings (SSSR count). The third-order valence-electron chi connectivity index (χ3n) is 2.83. The van der Waals surface area contributed by atoms with Gasteiger partial charge in [0.25, 0.3) is 0 Å². The van der Waals surface area contributed by atoms with Gasteiger partial charge in [0, 0.05) is 0 Å². The van der Waals surface area contributed by atoms with Gasteiger partial charge in [-0.05, 0) is 12.8 Å². The summed E-state index contributed by atoms with van der Waals surface area (Å²) in [7, 11) is -4.43. The van der Waals surface area contributed by atoms with Crippen LogP contribution in [0.2, 0.25) is 0 Å². The molecule has 0 saturated carbocycles. The van der Waals surface area contributed by atoms with Gasteiger partial charge in [0.1, 0.15) is 0 Å². The first-order chi connectivity index (χ1) is 7.64. The van der Waals surface area contributed by atoms with Gasteiger partial charge in [-0.15, -0.1) is 8.78 Å². The first-order valence-electron chi connectivity index (χ1n) is 5.83. The average molecular weight is 354 g/mol. The zero-order valence-corrected chi connectivity index (χ0v) is 13.4. The molecule has 0 saturated heterocycles. The molecule has 0 radical (unpaired) electrons. The van der Waals surface area contributed by atoms with Crippen LogP contribution in [-0.2, 0) is 10.1 Å². The molecule has 0 aliphatic rings. The Morgan fingerprint density at radius 2 is 1.50 bits per heavy atom. The van der Waals surface area contributed by atoms with Gasteiger partial charge in [0.15, 0.2) is 0 Å². The van der Waals surface area contributed by atoms with Crippen LogP contribution in [-0.4, -0.2) is 42.5 Å². The maximum atomic E-state index is 14.0. The van der Waals surface area contributed by atoms with Gasteiger partial charge in [-0.3, -0.25) is 4.55 Å². The topological polar surface area (TPSA) is 54.4 Å². The van der Waals surface area contributed by atoms with E-state index in [0.29, 0.717) is 12.8 Å². The Balaban J connectivity index is 0. The SMILES string of the molecule is CCC[N+](CCC)(CS(=O)(=O)O)C(F)(F)CC.[Br-]. The molecule has 0 fully saturated rings. The summed E-state index contributed by atoms with van der Waals surface area (Å²) in [5.74, 6) is -0.921. The van der Waals surface area contributed by atoms with Crippen LogP contribution < -0.4 is 17.0 Å². The van der Waals surface area contributed by atoms with Gasteiger partial charge in [0.2, 0.25) is 5.88 Å². The minimum Gasteiger partial charge on any atom is -1.00 e. The molecule has 18 heavy (non-hydrogen) atoms. The number of hydrogen-bond acceptors (Lipinski definition) is 2. The van der Waals surface area contributed by atoms with Crippen molar-refractivity contribution in [2.24, 2.45) is 0 Å². The molecule has 0 atom stereocenters. The fourth-order valence-corrected chi connectivity index (χ4v) is 3.24. The molecule has 0 unspecified atom stereocenters. The fourth-order valence-electron chi connectivity index (χ4n) is 2.17. The van der Waals surface area contributed by atoms with E-state index >= 15 is 0 Å². The monoisotopic (exact) mass is 353 g/mol. The first kappa shape index (κ1) is 20.5. The van der Waals surface area contributed by atoms with E-state index in [0.717, 1.165) is 0 Å². The molecule has 0 bridgehead atoms. The van der Waals surface area contributed by atoms with Crippen molar-refractivity contribution in [2.75, 3.05) is 19.0 Å². The van der Waals surface area contributed by atoms with E-state index in [9.17, 15) is 17.2 Å². The third kappa shape index (κ3) is 5.46. The average Bonchev–Trinajstić information content (AvgIpc) is 2.15. The summed E-state index contributed by atoms with van der Waals surface area (Å²) in [5.41, 5.74) is 0. The predicted octanol–water partition coefficient (Wildman–Crippen LogP) is -0.525. The van der Waals surface area contributed by atoms with Crippen molar-refractivity contribution in [3.05, 3.63) is 0 Å². The molecule has 0 amide bonds. The summed E-state index contributed by atoms with van der Waals surface area (Å²) < 4.78 is 57.9. The zero-order valence-electron chi connectivity index (χ0n) is 11.0. The Hall–Kier alpha value is 0.210. The van der Waals surface area contributed by atoms with E-state index in [-0.39, 0.29) is 30.1 Å². The van der Waals surface area contributed by atoms with E-state index < -0.39 is 32.9 Å². The molecule has 0 aromatic rings. The fraction of sp³-hybridized carbons (Fsp3) is 1.00. The molecule has 0 heterocycles. The van der Waals surface area contributed by atoms with Gasteiger partial charge in [-0.2, -0.15) is 8.42 Å². The first-order valence-corrected chi connectivity index (χ1v) is 7.44. The van der Waals surface area contributed by atoms with Crippen molar-refractivity contribution in [1.82, 2.24) is 0 Å². The second-order valence-electron chi connectivity index (χ2n) is 4.32. The molecule has 8 heteroatoms. The van der Waals surface area contributed by atoms with Crippen LogP contribution in [0.1, 0.15) is 40.0 Å². The number of nitrogens with zero attached hydrogens (tertiary/aromatic N) is 1. The summed E-state index contributed by atoms with van der Waals surface area (Å²) in [6.07, 6.45) is 0.429. The maximum Gasteiger partial charge on any atom is 0.391 e. The van der Waals surface area contributed by atoms with Crippen LogP contribution in [0.15, 0.2) is 0 Å². The maximum absolute atomic E-state index is 14.0. The van der Waals surface area contributed by atoms with E-state index in [2.05, 4.69) is 0 Å². The molecule has 0 spiro atoms. The number of alkyl halides is 2. The van der Waals surface area contributed by atoms with Crippen molar-refractivity contribution in [3.8, 4) is 0 Å². The molecule has 0 aromatic carbocycles. The highest BCUT2D eigenvalue weighted by atomic mass is 79.9. The number of rotatable bonds is 8. The summed E-state index contributed by atoms with van der Waals surface area (Å²) in [4.78, 5) is 0. The minimum absolute atomic E-state index is 0. The number of hydrogen-bond donors (Lipinski definition) is 1. The standard InChI is InChI=1S/C10H21F2NO3S.BrH/c1-4-7-13(8-5-2,9-17(14,15)16)10(11,12)6-3;/h4-9H2,1-3H3;1H. The van der Waals surface area contributed by atoms with Crippen molar-refractivity contribution < 1.29 is 43.2 Å². The molecular formula is C10H22BrF2NO3S. The van der Waals surface area contributed by atoms with Gasteiger partial charge in [-0.1, -0.05) is 20.8 Å². The molecule has 0 aromatic heterocycles. The van der Waals surface area contributed by atoms with Crippen LogP contribution in [0.25, 0.3) is 0 Å². The highest BCUT2D eigenvalue weighted by molar-refractivity contribution is 7.85. The number of quaternary nitrogens is 1. The largest absolute Gasteiger partial charge is 1.00 e. The second-order valence-corrected chi connectivity index (χ2v) is 5.74. The molecule has 0 aliphatic carbocycles. The molecular weight excluding hydrogens is 332 g/mol. The van der Waals surface area contributed by atoms with Crippen molar-refractivity contribution >= 4 is 10.1 Å².